The van der Waals surface area contributed by atoms with Crippen LogP contribution in [0, 0.1) is 0 Å². The Bertz CT molecular complexity index is 673. The van der Waals surface area contributed by atoms with Gasteiger partial charge in [-0.3, -0.25) is 14.4 Å². The van der Waals surface area contributed by atoms with Gasteiger partial charge in [-0.2, -0.15) is 13.2 Å². The van der Waals surface area contributed by atoms with Gasteiger partial charge in [0.05, 0.1) is 11.6 Å². The maximum atomic E-state index is 13.0. The third-order valence-corrected chi connectivity index (χ3v) is 3.96. The van der Waals surface area contributed by atoms with Crippen LogP contribution in [0.25, 0.3) is 0 Å². The van der Waals surface area contributed by atoms with Gasteiger partial charge in [-0.1, -0.05) is 25.1 Å². The van der Waals surface area contributed by atoms with E-state index in [9.17, 15) is 27.6 Å². The SMILES string of the molecule is CCCC(=O)C(=O)NC1CC(=O)N(Cc2ccccc2C(F)(F)F)C1. The molecule has 2 rings (SSSR count). The molecule has 136 valence electrons. The number of carbonyl (C=O) groups excluding carboxylic acids is 3. The average Bonchev–Trinajstić information content (AvgIpc) is 2.86. The van der Waals surface area contributed by atoms with E-state index in [4.69, 9.17) is 0 Å². The third kappa shape index (κ3) is 4.80. The summed E-state index contributed by atoms with van der Waals surface area (Å²) in [6.07, 6.45) is -3.87. The van der Waals surface area contributed by atoms with Crippen LogP contribution in [0.4, 0.5) is 13.2 Å². The highest BCUT2D eigenvalue weighted by Gasteiger charge is 2.36. The summed E-state index contributed by atoms with van der Waals surface area (Å²) in [4.78, 5) is 36.5. The van der Waals surface area contributed by atoms with Gasteiger partial charge in [-0.05, 0) is 18.1 Å². The number of likely N-dealkylation sites (tertiary alicyclic amines) is 1. The molecule has 0 bridgehead atoms. The molecule has 1 aromatic carbocycles. The van der Waals surface area contributed by atoms with Gasteiger partial charge < -0.3 is 10.2 Å². The van der Waals surface area contributed by atoms with Gasteiger partial charge in [0, 0.05) is 25.9 Å². The fourth-order valence-electron chi connectivity index (χ4n) is 2.77. The lowest BCUT2D eigenvalue weighted by atomic mass is 10.1. The molecular formula is C17H19F3N2O3. The average molecular weight is 356 g/mol. The number of rotatable bonds is 6. The van der Waals surface area contributed by atoms with E-state index in [1.54, 1.807) is 6.92 Å². The second-order valence-corrected chi connectivity index (χ2v) is 5.98. The first-order valence-corrected chi connectivity index (χ1v) is 7.99. The molecule has 1 aliphatic rings. The van der Waals surface area contributed by atoms with Crippen LogP contribution in [-0.2, 0) is 27.1 Å². The molecule has 0 saturated carbocycles. The Labute approximate surface area is 143 Å². The van der Waals surface area contributed by atoms with Crippen molar-refractivity contribution in [1.29, 1.82) is 0 Å². The molecule has 8 heteroatoms. The highest BCUT2D eigenvalue weighted by Crippen LogP contribution is 2.32. The summed E-state index contributed by atoms with van der Waals surface area (Å²) >= 11 is 0. The van der Waals surface area contributed by atoms with Crippen molar-refractivity contribution in [2.75, 3.05) is 6.54 Å². The molecular weight excluding hydrogens is 337 g/mol. The summed E-state index contributed by atoms with van der Waals surface area (Å²) < 4.78 is 39.1. The fourth-order valence-corrected chi connectivity index (χ4v) is 2.77. The van der Waals surface area contributed by atoms with Gasteiger partial charge in [0.15, 0.2) is 0 Å². The van der Waals surface area contributed by atoms with Crippen LogP contribution < -0.4 is 5.32 Å². The maximum absolute atomic E-state index is 13.0. The topological polar surface area (TPSA) is 66.5 Å². The number of Topliss-reactive ketones (excluding diaryl/α,β-unsaturated/α-hetero) is 1. The lowest BCUT2D eigenvalue weighted by Crippen LogP contribution is -2.40. The standard InChI is InChI=1S/C17H19F3N2O3/c1-2-5-14(23)16(25)21-12-8-15(24)22(10-12)9-11-6-3-4-7-13(11)17(18,19)20/h3-4,6-7,12H,2,5,8-10H2,1H3,(H,21,25). The monoisotopic (exact) mass is 356 g/mol. The normalized spacial score (nSPS) is 17.7. The van der Waals surface area contributed by atoms with E-state index in [1.165, 1.54) is 23.1 Å². The van der Waals surface area contributed by atoms with Crippen LogP contribution in [0.2, 0.25) is 0 Å². The molecule has 25 heavy (non-hydrogen) atoms. The molecule has 0 aromatic heterocycles. The first kappa shape index (κ1) is 19.0. The van der Waals surface area contributed by atoms with Crippen LogP contribution in [0.5, 0.6) is 0 Å². The number of amides is 2. The van der Waals surface area contributed by atoms with Crippen LogP contribution in [0.1, 0.15) is 37.3 Å². The molecule has 0 radical (unpaired) electrons. The van der Waals surface area contributed by atoms with Crippen LogP contribution in [-0.4, -0.2) is 35.1 Å². The zero-order valence-corrected chi connectivity index (χ0v) is 13.7. The highest BCUT2D eigenvalue weighted by atomic mass is 19.4. The minimum atomic E-state index is -4.50. The van der Waals surface area contributed by atoms with E-state index in [-0.39, 0.29) is 37.4 Å². The number of carbonyl (C=O) groups is 3. The number of hydrogen-bond donors (Lipinski definition) is 1. The second-order valence-electron chi connectivity index (χ2n) is 5.98. The van der Waals surface area contributed by atoms with Crippen molar-refractivity contribution in [3.05, 3.63) is 35.4 Å². The Morgan fingerprint density at radius 1 is 1.28 bits per heavy atom. The van der Waals surface area contributed by atoms with E-state index >= 15 is 0 Å². The predicted molar refractivity (Wildman–Crippen MR) is 83.3 cm³/mol. The van der Waals surface area contributed by atoms with Gasteiger partial charge >= 0.3 is 6.18 Å². The number of benzene rings is 1. The minimum absolute atomic E-state index is 0.00242. The van der Waals surface area contributed by atoms with Gasteiger partial charge in [0.25, 0.3) is 5.91 Å². The number of halogens is 3. The molecule has 0 spiro atoms. The lowest BCUT2D eigenvalue weighted by molar-refractivity contribution is -0.139. The molecule has 1 atom stereocenters. The molecule has 1 unspecified atom stereocenters. The zero-order valence-electron chi connectivity index (χ0n) is 13.7. The Morgan fingerprint density at radius 2 is 1.96 bits per heavy atom. The van der Waals surface area contributed by atoms with Crippen molar-refractivity contribution < 1.29 is 27.6 Å². The van der Waals surface area contributed by atoms with Gasteiger partial charge in [-0.25, -0.2) is 0 Å². The fraction of sp³-hybridized carbons (Fsp3) is 0.471. The van der Waals surface area contributed by atoms with Crippen molar-refractivity contribution in [2.24, 2.45) is 0 Å². The van der Waals surface area contributed by atoms with Crippen LogP contribution >= 0.6 is 0 Å². The van der Waals surface area contributed by atoms with E-state index in [0.717, 1.165) is 6.07 Å². The summed E-state index contributed by atoms with van der Waals surface area (Å²) in [6, 6.07) is 4.50. The molecule has 1 saturated heterocycles. The predicted octanol–water partition coefficient (Wildman–Crippen LogP) is 2.29. The molecule has 1 fully saturated rings. The highest BCUT2D eigenvalue weighted by molar-refractivity contribution is 6.36. The number of ketones is 1. The zero-order chi connectivity index (χ0) is 18.6. The minimum Gasteiger partial charge on any atom is -0.344 e. The summed E-state index contributed by atoms with van der Waals surface area (Å²) in [6.45, 7) is 1.66. The Hall–Kier alpha value is -2.38. The molecule has 0 aliphatic carbocycles. The number of hydrogen-bond acceptors (Lipinski definition) is 3. The van der Waals surface area contributed by atoms with Crippen LogP contribution in [0.15, 0.2) is 24.3 Å². The van der Waals surface area contributed by atoms with Crippen molar-refractivity contribution in [3.8, 4) is 0 Å². The summed E-state index contributed by atoms with van der Waals surface area (Å²) in [5.74, 6) is -1.67. The van der Waals surface area contributed by atoms with Gasteiger partial charge in [-0.15, -0.1) is 0 Å². The first-order chi connectivity index (χ1) is 11.7. The van der Waals surface area contributed by atoms with Crippen molar-refractivity contribution >= 4 is 17.6 Å². The summed E-state index contributed by atoms with van der Waals surface area (Å²) in [7, 11) is 0. The summed E-state index contributed by atoms with van der Waals surface area (Å²) in [5.41, 5.74) is -0.786. The molecule has 1 N–H and O–H groups in total. The first-order valence-electron chi connectivity index (χ1n) is 7.99. The Kier molecular flexibility index (Phi) is 5.81. The number of nitrogens with one attached hydrogen (secondary N) is 1. The Morgan fingerprint density at radius 3 is 2.60 bits per heavy atom. The van der Waals surface area contributed by atoms with E-state index in [2.05, 4.69) is 5.32 Å². The Balaban J connectivity index is 2.03. The second kappa shape index (κ2) is 7.67. The van der Waals surface area contributed by atoms with Gasteiger partial charge in [0.2, 0.25) is 11.7 Å². The van der Waals surface area contributed by atoms with Crippen molar-refractivity contribution in [1.82, 2.24) is 10.2 Å². The maximum Gasteiger partial charge on any atom is 0.416 e. The van der Waals surface area contributed by atoms with E-state index < -0.39 is 29.5 Å². The molecule has 2 amide bonds. The smallest absolute Gasteiger partial charge is 0.344 e. The number of alkyl halides is 3. The molecule has 1 aromatic rings. The van der Waals surface area contributed by atoms with Crippen molar-refractivity contribution in [2.45, 2.75) is 44.9 Å². The molecule has 1 heterocycles. The quantitative estimate of drug-likeness (QED) is 0.796. The van der Waals surface area contributed by atoms with E-state index in [0.29, 0.717) is 6.42 Å². The number of nitrogens with zero attached hydrogens (tertiary/aromatic N) is 1. The molecule has 1 aliphatic heterocycles. The van der Waals surface area contributed by atoms with Crippen molar-refractivity contribution in [3.63, 3.8) is 0 Å². The molecule has 5 nitrogen and oxygen atoms in total. The third-order valence-electron chi connectivity index (χ3n) is 3.96. The lowest BCUT2D eigenvalue weighted by Gasteiger charge is -2.20. The van der Waals surface area contributed by atoms with E-state index in [1.807, 2.05) is 0 Å². The van der Waals surface area contributed by atoms with Gasteiger partial charge in [0.1, 0.15) is 0 Å². The largest absolute Gasteiger partial charge is 0.416 e. The van der Waals surface area contributed by atoms with Crippen LogP contribution in [0.3, 0.4) is 0 Å². The summed E-state index contributed by atoms with van der Waals surface area (Å²) in [5, 5.41) is 2.48.